The highest BCUT2D eigenvalue weighted by atomic mass is 15.2. The highest BCUT2D eigenvalue weighted by Crippen LogP contribution is 2.03. The van der Waals surface area contributed by atoms with Gasteiger partial charge in [0.05, 0.1) is 0 Å². The molecule has 0 atom stereocenters. The molecule has 0 amide bonds. The van der Waals surface area contributed by atoms with Gasteiger partial charge >= 0.3 is 0 Å². The lowest BCUT2D eigenvalue weighted by molar-refractivity contribution is 0.253. The van der Waals surface area contributed by atoms with Gasteiger partial charge in [0.25, 0.3) is 0 Å². The molecule has 2 aromatic carbocycles. The van der Waals surface area contributed by atoms with Gasteiger partial charge in [0.1, 0.15) is 0 Å². The smallest absolute Gasteiger partial charge is 0.0231 e. The first-order valence-corrected chi connectivity index (χ1v) is 7.69. The zero-order valence-corrected chi connectivity index (χ0v) is 13.2. The molecule has 0 aliphatic heterocycles. The summed E-state index contributed by atoms with van der Waals surface area (Å²) >= 11 is 0. The summed E-state index contributed by atoms with van der Waals surface area (Å²) in [7, 11) is 4.40. The third-order valence-corrected chi connectivity index (χ3v) is 3.78. The molecule has 0 aliphatic rings. The van der Waals surface area contributed by atoms with Crippen LogP contribution in [0.1, 0.15) is 11.1 Å². The van der Waals surface area contributed by atoms with Crippen LogP contribution in [0, 0.1) is 0 Å². The lowest BCUT2D eigenvalue weighted by Crippen LogP contribution is -2.31. The Hall–Kier alpha value is -1.64. The Morgan fingerprint density at radius 1 is 0.619 bits per heavy atom. The maximum Gasteiger partial charge on any atom is 0.0231 e. The molecule has 2 aromatic rings. The van der Waals surface area contributed by atoms with Crippen LogP contribution in [-0.2, 0) is 13.0 Å². The minimum atomic E-state index is 1.02. The average molecular weight is 282 g/mol. The van der Waals surface area contributed by atoms with Gasteiger partial charge in [-0.25, -0.2) is 0 Å². The van der Waals surface area contributed by atoms with E-state index in [9.17, 15) is 0 Å². The van der Waals surface area contributed by atoms with Crippen molar-refractivity contribution in [1.82, 2.24) is 9.80 Å². The van der Waals surface area contributed by atoms with Crippen LogP contribution >= 0.6 is 0 Å². The van der Waals surface area contributed by atoms with Gasteiger partial charge in [-0.3, -0.25) is 0 Å². The van der Waals surface area contributed by atoms with Gasteiger partial charge in [0, 0.05) is 26.2 Å². The van der Waals surface area contributed by atoms with E-state index in [1.165, 1.54) is 11.1 Å². The Morgan fingerprint density at radius 2 is 1.14 bits per heavy atom. The van der Waals surface area contributed by atoms with Crippen LogP contribution in [0.4, 0.5) is 0 Å². The number of nitrogens with zero attached hydrogens (tertiary/aromatic N) is 2. The van der Waals surface area contributed by atoms with Gasteiger partial charge in [-0.2, -0.15) is 0 Å². The van der Waals surface area contributed by atoms with E-state index < -0.39 is 0 Å². The zero-order chi connectivity index (χ0) is 14.9. The van der Waals surface area contributed by atoms with Crippen LogP contribution in [0.3, 0.4) is 0 Å². The third kappa shape index (κ3) is 6.11. The summed E-state index contributed by atoms with van der Waals surface area (Å²) in [6.07, 6.45) is 1.12. The molecule has 0 fully saturated rings. The minimum absolute atomic E-state index is 1.02. The highest BCUT2D eigenvalue weighted by Gasteiger charge is 2.03. The van der Waals surface area contributed by atoms with Crippen molar-refractivity contribution in [2.75, 3.05) is 33.7 Å². The fourth-order valence-corrected chi connectivity index (χ4v) is 2.39. The van der Waals surface area contributed by atoms with E-state index in [1.54, 1.807) is 0 Å². The van der Waals surface area contributed by atoms with E-state index in [-0.39, 0.29) is 0 Å². The van der Waals surface area contributed by atoms with E-state index in [0.29, 0.717) is 0 Å². The Kier molecular flexibility index (Phi) is 6.45. The van der Waals surface area contributed by atoms with Gasteiger partial charge in [0.15, 0.2) is 0 Å². The molecule has 112 valence electrons. The van der Waals surface area contributed by atoms with Crippen LogP contribution < -0.4 is 0 Å². The van der Waals surface area contributed by atoms with Crippen LogP contribution in [0.25, 0.3) is 0 Å². The SMILES string of the molecule is CN(CCc1ccccc1)CCN(C)Cc1ccccc1. The normalized spacial score (nSPS) is 11.2. The van der Waals surface area contributed by atoms with Crippen molar-refractivity contribution in [3.63, 3.8) is 0 Å². The van der Waals surface area contributed by atoms with E-state index in [1.807, 2.05) is 0 Å². The molecule has 21 heavy (non-hydrogen) atoms. The topological polar surface area (TPSA) is 6.48 Å². The summed E-state index contributed by atoms with van der Waals surface area (Å²) in [6.45, 7) is 4.34. The summed E-state index contributed by atoms with van der Waals surface area (Å²) in [5.41, 5.74) is 2.80. The van der Waals surface area contributed by atoms with E-state index in [2.05, 4.69) is 84.6 Å². The minimum Gasteiger partial charge on any atom is -0.305 e. The summed E-state index contributed by atoms with van der Waals surface area (Å²) in [4.78, 5) is 4.79. The fourth-order valence-electron chi connectivity index (χ4n) is 2.39. The quantitative estimate of drug-likeness (QED) is 0.733. The predicted molar refractivity (Wildman–Crippen MR) is 90.4 cm³/mol. The first-order valence-electron chi connectivity index (χ1n) is 7.69. The largest absolute Gasteiger partial charge is 0.305 e. The molecule has 0 aromatic heterocycles. The molecule has 0 heterocycles. The van der Waals surface area contributed by atoms with Crippen molar-refractivity contribution in [3.8, 4) is 0 Å². The van der Waals surface area contributed by atoms with Crippen LogP contribution in [0.2, 0.25) is 0 Å². The number of likely N-dealkylation sites (N-methyl/N-ethyl adjacent to an activating group) is 2. The van der Waals surface area contributed by atoms with E-state index in [0.717, 1.165) is 32.6 Å². The summed E-state index contributed by atoms with van der Waals surface area (Å²) < 4.78 is 0. The molecule has 0 unspecified atom stereocenters. The molecule has 0 bridgehead atoms. The fraction of sp³-hybridized carbons (Fsp3) is 0.368. The monoisotopic (exact) mass is 282 g/mol. The molecule has 2 nitrogen and oxygen atoms in total. The number of hydrogen-bond acceptors (Lipinski definition) is 2. The molecule has 0 saturated carbocycles. The lowest BCUT2D eigenvalue weighted by atomic mass is 10.1. The van der Waals surface area contributed by atoms with Crippen molar-refractivity contribution < 1.29 is 0 Å². The van der Waals surface area contributed by atoms with E-state index in [4.69, 9.17) is 0 Å². The van der Waals surface area contributed by atoms with Crippen molar-refractivity contribution in [2.24, 2.45) is 0 Å². The molecule has 0 radical (unpaired) electrons. The Bertz CT molecular complexity index is 495. The summed E-state index contributed by atoms with van der Waals surface area (Å²) in [6, 6.07) is 21.4. The number of hydrogen-bond donors (Lipinski definition) is 0. The van der Waals surface area contributed by atoms with Crippen molar-refractivity contribution in [3.05, 3.63) is 71.8 Å². The van der Waals surface area contributed by atoms with Crippen LogP contribution in [0.5, 0.6) is 0 Å². The van der Waals surface area contributed by atoms with Crippen molar-refractivity contribution in [1.29, 1.82) is 0 Å². The summed E-state index contributed by atoms with van der Waals surface area (Å²) in [5.74, 6) is 0. The van der Waals surface area contributed by atoms with Gasteiger partial charge in [-0.1, -0.05) is 60.7 Å². The molecular formula is C19H26N2. The molecule has 2 heteroatoms. The van der Waals surface area contributed by atoms with Gasteiger partial charge < -0.3 is 9.80 Å². The maximum atomic E-state index is 2.41. The second-order valence-electron chi connectivity index (χ2n) is 5.76. The van der Waals surface area contributed by atoms with Crippen LogP contribution in [0.15, 0.2) is 60.7 Å². The third-order valence-electron chi connectivity index (χ3n) is 3.78. The second-order valence-corrected chi connectivity index (χ2v) is 5.76. The molecule has 0 saturated heterocycles. The number of rotatable bonds is 8. The molecule has 2 rings (SSSR count). The Balaban J connectivity index is 1.65. The van der Waals surface area contributed by atoms with Crippen molar-refractivity contribution >= 4 is 0 Å². The lowest BCUT2D eigenvalue weighted by Gasteiger charge is -2.22. The number of benzene rings is 2. The van der Waals surface area contributed by atoms with Gasteiger partial charge in [-0.05, 0) is 31.6 Å². The molecular weight excluding hydrogens is 256 g/mol. The van der Waals surface area contributed by atoms with Crippen LogP contribution in [-0.4, -0.2) is 43.5 Å². The summed E-state index contributed by atoms with van der Waals surface area (Å²) in [5, 5.41) is 0. The van der Waals surface area contributed by atoms with Gasteiger partial charge in [-0.15, -0.1) is 0 Å². The molecule has 0 spiro atoms. The first-order chi connectivity index (χ1) is 10.2. The standard InChI is InChI=1S/C19H26N2/c1-20(14-13-18-9-5-3-6-10-18)15-16-21(2)17-19-11-7-4-8-12-19/h3-12H,13-17H2,1-2H3. The molecule has 0 aliphatic carbocycles. The van der Waals surface area contributed by atoms with Gasteiger partial charge in [0.2, 0.25) is 0 Å². The highest BCUT2D eigenvalue weighted by molar-refractivity contribution is 5.15. The maximum absolute atomic E-state index is 2.41. The second kappa shape index (κ2) is 8.60. The zero-order valence-electron chi connectivity index (χ0n) is 13.2. The first kappa shape index (κ1) is 15.7. The molecule has 0 N–H and O–H groups in total. The average Bonchev–Trinajstić information content (AvgIpc) is 2.53. The van der Waals surface area contributed by atoms with E-state index >= 15 is 0 Å². The Labute approximate surface area is 129 Å². The predicted octanol–water partition coefficient (Wildman–Crippen LogP) is 3.29. The Morgan fingerprint density at radius 3 is 1.76 bits per heavy atom. The van der Waals surface area contributed by atoms with Crippen molar-refractivity contribution in [2.45, 2.75) is 13.0 Å².